The summed E-state index contributed by atoms with van der Waals surface area (Å²) in [4.78, 5) is 0. The van der Waals surface area contributed by atoms with E-state index in [1.54, 1.807) is 6.92 Å². The van der Waals surface area contributed by atoms with Gasteiger partial charge in [0.2, 0.25) is 0 Å². The highest BCUT2D eigenvalue weighted by Crippen LogP contribution is 2.26. The van der Waals surface area contributed by atoms with Crippen molar-refractivity contribution >= 4 is 0 Å². The summed E-state index contributed by atoms with van der Waals surface area (Å²) in [6.45, 7) is 8.78. The number of hydrogen-bond acceptors (Lipinski definition) is 2. The minimum Gasteiger partial charge on any atom is -0.383 e. The molecule has 84 valence electrons. The third-order valence-electron chi connectivity index (χ3n) is 2.77. The Bertz CT molecular complexity index is 329. The molecule has 0 radical (unpaired) electrons. The van der Waals surface area contributed by atoms with Gasteiger partial charge in [0.25, 0.3) is 0 Å². The van der Waals surface area contributed by atoms with Crippen LogP contribution in [-0.4, -0.2) is 18.3 Å². The van der Waals surface area contributed by atoms with Crippen LogP contribution in [0.5, 0.6) is 0 Å². The average molecular weight is 208 g/mol. The van der Waals surface area contributed by atoms with Crippen molar-refractivity contribution in [2.24, 2.45) is 0 Å². The first kappa shape index (κ1) is 12.2. The number of rotatable bonds is 4. The second-order valence-corrected chi connectivity index (χ2v) is 4.16. The van der Waals surface area contributed by atoms with Gasteiger partial charge in [0, 0.05) is 6.61 Å². The monoisotopic (exact) mass is 208 g/mol. The molecule has 1 atom stereocenters. The molecule has 1 aromatic carbocycles. The SMILES string of the molecule is CCOCC(C)(O)c1cccc(C)c1C. The molecule has 0 saturated carbocycles. The lowest BCUT2D eigenvalue weighted by atomic mass is 9.90. The number of benzene rings is 1. The molecule has 0 aromatic heterocycles. The quantitative estimate of drug-likeness (QED) is 0.824. The fourth-order valence-electron chi connectivity index (χ4n) is 1.71. The van der Waals surface area contributed by atoms with Gasteiger partial charge >= 0.3 is 0 Å². The first-order valence-electron chi connectivity index (χ1n) is 5.36. The van der Waals surface area contributed by atoms with Crippen LogP contribution >= 0.6 is 0 Å². The molecule has 2 nitrogen and oxygen atoms in total. The third kappa shape index (κ3) is 2.80. The molecule has 2 heteroatoms. The molecule has 0 aliphatic carbocycles. The van der Waals surface area contributed by atoms with Gasteiger partial charge in [0.05, 0.1) is 6.61 Å². The van der Waals surface area contributed by atoms with E-state index in [0.717, 1.165) is 11.1 Å². The Hall–Kier alpha value is -0.860. The molecule has 0 fully saturated rings. The maximum atomic E-state index is 10.3. The van der Waals surface area contributed by atoms with Crippen molar-refractivity contribution in [3.05, 3.63) is 34.9 Å². The maximum Gasteiger partial charge on any atom is 0.110 e. The summed E-state index contributed by atoms with van der Waals surface area (Å²) in [6, 6.07) is 5.98. The molecule has 0 heterocycles. The molecule has 15 heavy (non-hydrogen) atoms. The Morgan fingerprint density at radius 2 is 2.00 bits per heavy atom. The molecule has 1 rings (SSSR count). The lowest BCUT2D eigenvalue weighted by Crippen LogP contribution is -2.29. The summed E-state index contributed by atoms with van der Waals surface area (Å²) in [7, 11) is 0. The minimum atomic E-state index is -0.897. The van der Waals surface area contributed by atoms with Gasteiger partial charge < -0.3 is 9.84 Å². The van der Waals surface area contributed by atoms with Gasteiger partial charge in [-0.25, -0.2) is 0 Å². The molecule has 0 spiro atoms. The van der Waals surface area contributed by atoms with Crippen molar-refractivity contribution in [1.82, 2.24) is 0 Å². The summed E-state index contributed by atoms with van der Waals surface area (Å²) in [5.41, 5.74) is 2.40. The maximum absolute atomic E-state index is 10.3. The van der Waals surface area contributed by atoms with Crippen molar-refractivity contribution in [3.8, 4) is 0 Å². The minimum absolute atomic E-state index is 0.341. The lowest BCUT2D eigenvalue weighted by molar-refractivity contribution is -0.0347. The summed E-state index contributed by atoms with van der Waals surface area (Å²) < 4.78 is 5.30. The predicted octanol–water partition coefficient (Wildman–Crippen LogP) is 2.55. The highest BCUT2D eigenvalue weighted by Gasteiger charge is 2.25. The van der Waals surface area contributed by atoms with Crippen molar-refractivity contribution in [3.63, 3.8) is 0 Å². The zero-order chi connectivity index (χ0) is 11.5. The van der Waals surface area contributed by atoms with E-state index in [9.17, 15) is 5.11 Å². The van der Waals surface area contributed by atoms with Crippen LogP contribution in [0.3, 0.4) is 0 Å². The van der Waals surface area contributed by atoms with Crippen LogP contribution in [0.15, 0.2) is 18.2 Å². The highest BCUT2D eigenvalue weighted by atomic mass is 16.5. The van der Waals surface area contributed by atoms with Gasteiger partial charge in [-0.1, -0.05) is 18.2 Å². The Morgan fingerprint density at radius 3 is 2.60 bits per heavy atom. The standard InChI is InChI=1S/C13H20O2/c1-5-15-9-13(4,14)12-8-6-7-10(2)11(12)3/h6-8,14H,5,9H2,1-4H3. The molecule has 1 N–H and O–H groups in total. The van der Waals surface area contributed by atoms with Crippen molar-refractivity contribution in [2.75, 3.05) is 13.2 Å². The first-order chi connectivity index (χ1) is 6.99. The van der Waals surface area contributed by atoms with Gasteiger partial charge in [0.15, 0.2) is 0 Å². The van der Waals surface area contributed by atoms with Gasteiger partial charge in [0.1, 0.15) is 5.60 Å². The van der Waals surface area contributed by atoms with Gasteiger partial charge in [-0.3, -0.25) is 0 Å². The normalized spacial score (nSPS) is 15.0. The zero-order valence-corrected chi connectivity index (χ0v) is 10.0. The van der Waals surface area contributed by atoms with Crippen LogP contribution in [-0.2, 0) is 10.3 Å². The predicted molar refractivity (Wildman–Crippen MR) is 62.0 cm³/mol. The Kier molecular flexibility index (Phi) is 3.89. The number of ether oxygens (including phenoxy) is 1. The fourth-order valence-corrected chi connectivity index (χ4v) is 1.71. The molecule has 0 aliphatic heterocycles. The first-order valence-corrected chi connectivity index (χ1v) is 5.36. The van der Waals surface area contributed by atoms with E-state index in [-0.39, 0.29) is 0 Å². The fraction of sp³-hybridized carbons (Fsp3) is 0.538. The van der Waals surface area contributed by atoms with E-state index in [4.69, 9.17) is 4.74 Å². The summed E-state index contributed by atoms with van der Waals surface area (Å²) >= 11 is 0. The Morgan fingerprint density at radius 1 is 1.33 bits per heavy atom. The molecule has 1 aromatic rings. The van der Waals surface area contributed by atoms with E-state index < -0.39 is 5.60 Å². The molecule has 0 saturated heterocycles. The molecular weight excluding hydrogens is 188 g/mol. The van der Waals surface area contributed by atoms with E-state index >= 15 is 0 Å². The molecule has 0 aliphatic rings. The van der Waals surface area contributed by atoms with Crippen LogP contribution in [0, 0.1) is 13.8 Å². The average Bonchev–Trinajstić information content (AvgIpc) is 2.19. The lowest BCUT2D eigenvalue weighted by Gasteiger charge is -2.26. The van der Waals surface area contributed by atoms with Crippen molar-refractivity contribution in [2.45, 2.75) is 33.3 Å². The van der Waals surface area contributed by atoms with E-state index in [0.29, 0.717) is 13.2 Å². The zero-order valence-electron chi connectivity index (χ0n) is 10.0. The number of aryl methyl sites for hydroxylation is 1. The second-order valence-electron chi connectivity index (χ2n) is 4.16. The van der Waals surface area contributed by atoms with Crippen LogP contribution in [0.4, 0.5) is 0 Å². The molecule has 0 bridgehead atoms. The van der Waals surface area contributed by atoms with E-state index in [1.165, 1.54) is 5.56 Å². The topological polar surface area (TPSA) is 29.5 Å². The molecule has 1 unspecified atom stereocenters. The smallest absolute Gasteiger partial charge is 0.110 e. The largest absolute Gasteiger partial charge is 0.383 e. The van der Waals surface area contributed by atoms with E-state index in [1.807, 2.05) is 26.0 Å². The summed E-state index contributed by atoms with van der Waals surface area (Å²) in [5, 5.41) is 10.3. The van der Waals surface area contributed by atoms with Gasteiger partial charge in [-0.05, 0) is 44.4 Å². The number of aliphatic hydroxyl groups is 1. The van der Waals surface area contributed by atoms with Crippen LogP contribution in [0.1, 0.15) is 30.5 Å². The summed E-state index contributed by atoms with van der Waals surface area (Å²) in [5.74, 6) is 0. The Balaban J connectivity index is 2.98. The number of hydrogen-bond donors (Lipinski definition) is 1. The van der Waals surface area contributed by atoms with Crippen LogP contribution < -0.4 is 0 Å². The molecular formula is C13H20O2. The molecule has 0 amide bonds. The Labute approximate surface area is 91.9 Å². The van der Waals surface area contributed by atoms with Gasteiger partial charge in [-0.2, -0.15) is 0 Å². The van der Waals surface area contributed by atoms with Gasteiger partial charge in [-0.15, -0.1) is 0 Å². The van der Waals surface area contributed by atoms with Crippen molar-refractivity contribution < 1.29 is 9.84 Å². The second kappa shape index (κ2) is 4.77. The summed E-state index contributed by atoms with van der Waals surface area (Å²) in [6.07, 6.45) is 0. The van der Waals surface area contributed by atoms with Crippen LogP contribution in [0.2, 0.25) is 0 Å². The highest BCUT2D eigenvalue weighted by molar-refractivity contribution is 5.36. The third-order valence-corrected chi connectivity index (χ3v) is 2.77. The van der Waals surface area contributed by atoms with Crippen LogP contribution in [0.25, 0.3) is 0 Å². The van der Waals surface area contributed by atoms with E-state index in [2.05, 4.69) is 13.0 Å². The van der Waals surface area contributed by atoms with Crippen molar-refractivity contribution in [1.29, 1.82) is 0 Å².